The van der Waals surface area contributed by atoms with Crippen LogP contribution in [0.4, 0.5) is 0 Å². The van der Waals surface area contributed by atoms with Gasteiger partial charge in [-0.25, -0.2) is 0 Å². The molecule has 1 nitrogen and oxygen atoms in total. The molecule has 0 fully saturated rings. The maximum absolute atomic E-state index is 5.90. The smallest absolute Gasteiger partial charge is 0.0745 e. The predicted molar refractivity (Wildman–Crippen MR) is 51.8 cm³/mol. The molecular weight excluding hydrogens is 195 g/mol. The minimum Gasteiger partial charge on any atom is -0.377 e. The first-order valence-electron chi connectivity index (χ1n) is 3.76. The maximum Gasteiger partial charge on any atom is 0.0745 e. The molecule has 0 aliphatic heterocycles. The van der Waals surface area contributed by atoms with E-state index >= 15 is 0 Å². The van der Waals surface area contributed by atoms with E-state index in [4.69, 9.17) is 27.9 Å². The molecule has 0 aliphatic rings. The number of rotatable bonds is 3. The van der Waals surface area contributed by atoms with Gasteiger partial charge in [-0.05, 0) is 19.1 Å². The van der Waals surface area contributed by atoms with E-state index in [-0.39, 0.29) is 0 Å². The van der Waals surface area contributed by atoms with Crippen molar-refractivity contribution < 1.29 is 4.74 Å². The predicted octanol–water partition coefficient (Wildman–Crippen LogP) is 3.53. The zero-order valence-corrected chi connectivity index (χ0v) is 8.32. The van der Waals surface area contributed by atoms with Crippen molar-refractivity contribution in [3.05, 3.63) is 33.8 Å². The molecule has 66 valence electrons. The summed E-state index contributed by atoms with van der Waals surface area (Å²) in [7, 11) is 0. The molecular formula is C9H10Cl2O. The molecule has 0 unspecified atom stereocenters. The monoisotopic (exact) mass is 204 g/mol. The van der Waals surface area contributed by atoms with Gasteiger partial charge < -0.3 is 4.74 Å². The quantitative estimate of drug-likeness (QED) is 0.733. The van der Waals surface area contributed by atoms with Gasteiger partial charge in [0.15, 0.2) is 0 Å². The summed E-state index contributed by atoms with van der Waals surface area (Å²) in [6, 6.07) is 5.43. The Morgan fingerprint density at radius 2 is 1.83 bits per heavy atom. The maximum atomic E-state index is 5.90. The summed E-state index contributed by atoms with van der Waals surface area (Å²) in [6.07, 6.45) is 0. The van der Waals surface area contributed by atoms with Crippen molar-refractivity contribution in [2.45, 2.75) is 13.5 Å². The topological polar surface area (TPSA) is 9.23 Å². The molecule has 0 radical (unpaired) electrons. The Kier molecular flexibility index (Phi) is 3.86. The Balaban J connectivity index is 2.81. The van der Waals surface area contributed by atoms with Crippen LogP contribution in [-0.4, -0.2) is 6.61 Å². The Bertz CT molecular complexity index is 240. The van der Waals surface area contributed by atoms with E-state index in [0.717, 1.165) is 5.56 Å². The molecule has 12 heavy (non-hydrogen) atoms. The number of hydrogen-bond donors (Lipinski definition) is 0. The summed E-state index contributed by atoms with van der Waals surface area (Å²) >= 11 is 11.8. The van der Waals surface area contributed by atoms with Crippen LogP contribution in [-0.2, 0) is 11.3 Å². The first kappa shape index (κ1) is 9.85. The lowest BCUT2D eigenvalue weighted by Gasteiger charge is -2.05. The van der Waals surface area contributed by atoms with Crippen LogP contribution in [0.1, 0.15) is 12.5 Å². The Hall–Kier alpha value is -0.240. The molecule has 0 N–H and O–H groups in total. The molecule has 0 heterocycles. The molecule has 1 rings (SSSR count). The third-order valence-corrected chi connectivity index (χ3v) is 2.22. The molecule has 1 aromatic carbocycles. The highest BCUT2D eigenvalue weighted by molar-refractivity contribution is 6.35. The van der Waals surface area contributed by atoms with Gasteiger partial charge in [0.2, 0.25) is 0 Å². The molecule has 0 aliphatic carbocycles. The lowest BCUT2D eigenvalue weighted by atomic mass is 10.2. The van der Waals surface area contributed by atoms with Crippen molar-refractivity contribution >= 4 is 23.2 Å². The van der Waals surface area contributed by atoms with Gasteiger partial charge in [-0.15, -0.1) is 0 Å². The van der Waals surface area contributed by atoms with E-state index in [1.165, 1.54) is 0 Å². The van der Waals surface area contributed by atoms with Crippen molar-refractivity contribution in [1.82, 2.24) is 0 Å². The third kappa shape index (κ3) is 2.37. The van der Waals surface area contributed by atoms with Crippen LogP contribution < -0.4 is 0 Å². The minimum atomic E-state index is 0.481. The van der Waals surface area contributed by atoms with Crippen molar-refractivity contribution in [2.75, 3.05) is 6.61 Å². The summed E-state index contributed by atoms with van der Waals surface area (Å²) in [5.41, 5.74) is 0.864. The summed E-state index contributed by atoms with van der Waals surface area (Å²) in [4.78, 5) is 0. The molecule has 0 spiro atoms. The third-order valence-electron chi connectivity index (χ3n) is 1.51. The molecule has 3 heteroatoms. The average Bonchev–Trinajstić information content (AvgIpc) is 2.04. The molecule has 0 saturated carbocycles. The second-order valence-electron chi connectivity index (χ2n) is 2.34. The molecule has 0 amide bonds. The number of benzene rings is 1. The van der Waals surface area contributed by atoms with Crippen LogP contribution in [0.25, 0.3) is 0 Å². The first-order valence-corrected chi connectivity index (χ1v) is 4.52. The minimum absolute atomic E-state index is 0.481. The van der Waals surface area contributed by atoms with Crippen LogP contribution in [0.15, 0.2) is 18.2 Å². The average molecular weight is 205 g/mol. The molecule has 0 aromatic heterocycles. The Morgan fingerprint density at radius 1 is 1.25 bits per heavy atom. The highest BCUT2D eigenvalue weighted by Crippen LogP contribution is 2.24. The van der Waals surface area contributed by atoms with Crippen LogP contribution in [0.3, 0.4) is 0 Å². The van der Waals surface area contributed by atoms with Gasteiger partial charge >= 0.3 is 0 Å². The van der Waals surface area contributed by atoms with E-state index < -0.39 is 0 Å². The zero-order chi connectivity index (χ0) is 8.97. The van der Waals surface area contributed by atoms with Crippen LogP contribution >= 0.6 is 23.2 Å². The second kappa shape index (κ2) is 4.70. The highest BCUT2D eigenvalue weighted by Gasteiger charge is 2.03. The first-order chi connectivity index (χ1) is 5.75. The molecule has 1 aromatic rings. The molecule has 0 atom stereocenters. The number of halogens is 2. The number of hydrogen-bond acceptors (Lipinski definition) is 1. The second-order valence-corrected chi connectivity index (χ2v) is 3.15. The molecule has 0 bridgehead atoms. The van der Waals surface area contributed by atoms with Crippen LogP contribution in [0.5, 0.6) is 0 Å². The molecule has 0 saturated heterocycles. The van der Waals surface area contributed by atoms with Gasteiger partial charge in [-0.2, -0.15) is 0 Å². The van der Waals surface area contributed by atoms with Crippen molar-refractivity contribution in [1.29, 1.82) is 0 Å². The van der Waals surface area contributed by atoms with Crippen molar-refractivity contribution in [3.63, 3.8) is 0 Å². The zero-order valence-electron chi connectivity index (χ0n) is 6.81. The van der Waals surface area contributed by atoms with Crippen LogP contribution in [0.2, 0.25) is 10.0 Å². The van der Waals surface area contributed by atoms with E-state index in [1.54, 1.807) is 0 Å². The van der Waals surface area contributed by atoms with E-state index in [2.05, 4.69) is 0 Å². The fraction of sp³-hybridized carbons (Fsp3) is 0.333. The SMILES string of the molecule is CCOCc1c(Cl)cccc1Cl. The Labute approximate surface area is 82.2 Å². The van der Waals surface area contributed by atoms with Gasteiger partial charge in [0.1, 0.15) is 0 Å². The fourth-order valence-electron chi connectivity index (χ4n) is 0.874. The standard InChI is InChI=1S/C9H10Cl2O/c1-2-12-6-7-8(10)4-3-5-9(7)11/h3-5H,2,6H2,1H3. The van der Waals surface area contributed by atoms with Gasteiger partial charge in [0, 0.05) is 22.2 Å². The summed E-state index contributed by atoms with van der Waals surface area (Å²) in [5.74, 6) is 0. The normalized spacial score (nSPS) is 10.2. The number of ether oxygens (including phenoxy) is 1. The largest absolute Gasteiger partial charge is 0.377 e. The summed E-state index contributed by atoms with van der Waals surface area (Å²) in [5, 5.41) is 1.33. The van der Waals surface area contributed by atoms with Gasteiger partial charge in [-0.1, -0.05) is 29.3 Å². The summed E-state index contributed by atoms with van der Waals surface area (Å²) < 4.78 is 5.21. The van der Waals surface area contributed by atoms with E-state index in [9.17, 15) is 0 Å². The van der Waals surface area contributed by atoms with Gasteiger partial charge in [0.05, 0.1) is 6.61 Å². The van der Waals surface area contributed by atoms with E-state index in [0.29, 0.717) is 23.3 Å². The summed E-state index contributed by atoms with van der Waals surface area (Å²) in [6.45, 7) is 3.08. The van der Waals surface area contributed by atoms with Crippen LogP contribution in [0, 0.1) is 0 Å². The van der Waals surface area contributed by atoms with Crippen molar-refractivity contribution in [3.8, 4) is 0 Å². The van der Waals surface area contributed by atoms with Gasteiger partial charge in [0.25, 0.3) is 0 Å². The highest BCUT2D eigenvalue weighted by atomic mass is 35.5. The fourth-order valence-corrected chi connectivity index (χ4v) is 1.38. The lowest BCUT2D eigenvalue weighted by Crippen LogP contribution is -1.93. The Morgan fingerprint density at radius 3 is 2.33 bits per heavy atom. The van der Waals surface area contributed by atoms with Crippen molar-refractivity contribution in [2.24, 2.45) is 0 Å². The lowest BCUT2D eigenvalue weighted by molar-refractivity contribution is 0.134. The van der Waals surface area contributed by atoms with Gasteiger partial charge in [-0.3, -0.25) is 0 Å². The van der Waals surface area contributed by atoms with E-state index in [1.807, 2.05) is 25.1 Å².